The lowest BCUT2D eigenvalue weighted by atomic mass is 10.1. The molecule has 0 saturated carbocycles. The Morgan fingerprint density at radius 3 is 2.69 bits per heavy atom. The van der Waals surface area contributed by atoms with Crippen LogP contribution in [-0.2, 0) is 16.1 Å². The van der Waals surface area contributed by atoms with Crippen LogP contribution >= 0.6 is 0 Å². The van der Waals surface area contributed by atoms with Crippen LogP contribution in [0.3, 0.4) is 0 Å². The molecule has 94 valence electrons. The van der Waals surface area contributed by atoms with E-state index in [-0.39, 0.29) is 5.91 Å². The maximum Gasteiger partial charge on any atom is 0.239 e. The summed E-state index contributed by atoms with van der Waals surface area (Å²) in [7, 11) is 0. The number of nitrogens with two attached hydrogens (primary N) is 1. The fourth-order valence-electron chi connectivity index (χ4n) is 1.78. The molecule has 0 spiro atoms. The highest BCUT2D eigenvalue weighted by molar-refractivity contribution is 7.77. The summed E-state index contributed by atoms with van der Waals surface area (Å²) in [5.41, 5.74) is 5.76. The Bertz CT molecular complexity index is 256. The van der Waals surface area contributed by atoms with Gasteiger partial charge in [-0.1, -0.05) is 0 Å². The van der Waals surface area contributed by atoms with Crippen molar-refractivity contribution < 1.29 is 13.6 Å². The first-order valence-corrected chi connectivity index (χ1v) is 6.60. The van der Waals surface area contributed by atoms with Gasteiger partial charge in [0, 0.05) is 19.6 Å². The molecule has 1 aliphatic heterocycles. The zero-order valence-corrected chi connectivity index (χ0v) is 10.0. The van der Waals surface area contributed by atoms with Crippen LogP contribution in [0.2, 0.25) is 0 Å². The van der Waals surface area contributed by atoms with Crippen LogP contribution in [0.25, 0.3) is 0 Å². The molecular weight excluding hydrogens is 230 g/mol. The van der Waals surface area contributed by atoms with Crippen molar-refractivity contribution in [1.82, 2.24) is 9.62 Å². The van der Waals surface area contributed by atoms with Crippen LogP contribution in [0.15, 0.2) is 0 Å². The van der Waals surface area contributed by atoms with Crippen molar-refractivity contribution in [3.8, 4) is 0 Å². The van der Waals surface area contributed by atoms with Crippen LogP contribution in [0.5, 0.6) is 0 Å². The molecule has 1 amide bonds. The molecule has 16 heavy (non-hydrogen) atoms. The van der Waals surface area contributed by atoms with Gasteiger partial charge in [0.2, 0.25) is 17.2 Å². The number of amides is 1. The van der Waals surface area contributed by atoms with Gasteiger partial charge in [-0.2, -0.15) is 0 Å². The minimum atomic E-state index is -1.98. The third-order valence-electron chi connectivity index (χ3n) is 2.65. The van der Waals surface area contributed by atoms with Crippen LogP contribution in [-0.4, -0.2) is 45.2 Å². The van der Waals surface area contributed by atoms with Gasteiger partial charge < -0.3 is 10.6 Å². The molecular formula is C9H19N3O3S. The summed E-state index contributed by atoms with van der Waals surface area (Å²) < 4.78 is 21.1. The van der Waals surface area contributed by atoms with Gasteiger partial charge in [0.15, 0.2) is 0 Å². The van der Waals surface area contributed by atoms with Crippen LogP contribution in [0.4, 0.5) is 0 Å². The van der Waals surface area contributed by atoms with E-state index in [0.717, 1.165) is 25.9 Å². The van der Waals surface area contributed by atoms with E-state index < -0.39 is 17.3 Å². The van der Waals surface area contributed by atoms with E-state index in [9.17, 15) is 9.00 Å². The standard InChI is InChI=1S/C9H19N3O3S/c10-8(4-3-5-11-16(14)15)9(13)12-6-1-2-7-12/h8,11H,1-7,10H2,(H,14,15). The normalized spacial score (nSPS) is 19.8. The van der Waals surface area contributed by atoms with Gasteiger partial charge in [-0.15, -0.1) is 0 Å². The zero-order valence-electron chi connectivity index (χ0n) is 9.22. The molecule has 0 aromatic heterocycles. The van der Waals surface area contributed by atoms with Crippen molar-refractivity contribution in [2.24, 2.45) is 5.73 Å². The number of nitrogens with zero attached hydrogens (tertiary/aromatic N) is 1. The summed E-state index contributed by atoms with van der Waals surface area (Å²) in [5, 5.41) is 0. The van der Waals surface area contributed by atoms with Crippen LogP contribution < -0.4 is 10.5 Å². The number of carbonyl (C=O) groups excluding carboxylic acids is 1. The van der Waals surface area contributed by atoms with Crippen molar-refractivity contribution >= 4 is 17.2 Å². The maximum atomic E-state index is 11.7. The smallest absolute Gasteiger partial charge is 0.239 e. The quantitative estimate of drug-likeness (QED) is 0.434. The first-order valence-electron chi connectivity index (χ1n) is 5.50. The molecule has 1 rings (SSSR count). The third kappa shape index (κ3) is 4.56. The summed E-state index contributed by atoms with van der Waals surface area (Å²) in [5.74, 6) is 0.00243. The molecule has 0 aromatic rings. The molecule has 0 bridgehead atoms. The maximum absolute atomic E-state index is 11.7. The molecule has 1 fully saturated rings. The highest BCUT2D eigenvalue weighted by atomic mass is 32.2. The van der Waals surface area contributed by atoms with E-state index in [4.69, 9.17) is 10.3 Å². The van der Waals surface area contributed by atoms with E-state index >= 15 is 0 Å². The van der Waals surface area contributed by atoms with Crippen molar-refractivity contribution in [3.05, 3.63) is 0 Å². The molecule has 2 atom stereocenters. The van der Waals surface area contributed by atoms with E-state index in [1.54, 1.807) is 4.90 Å². The number of likely N-dealkylation sites (tertiary alicyclic amines) is 1. The monoisotopic (exact) mass is 249 g/mol. The molecule has 4 N–H and O–H groups in total. The van der Waals surface area contributed by atoms with E-state index in [0.29, 0.717) is 19.4 Å². The van der Waals surface area contributed by atoms with Gasteiger partial charge in [0.1, 0.15) is 0 Å². The highest BCUT2D eigenvalue weighted by Gasteiger charge is 2.22. The number of rotatable bonds is 6. The number of carbonyl (C=O) groups is 1. The van der Waals surface area contributed by atoms with Crippen molar-refractivity contribution in [2.45, 2.75) is 31.7 Å². The second-order valence-electron chi connectivity index (χ2n) is 3.92. The second-order valence-corrected chi connectivity index (χ2v) is 4.71. The van der Waals surface area contributed by atoms with E-state index in [1.165, 1.54) is 0 Å². The number of nitrogens with one attached hydrogen (secondary N) is 1. The molecule has 0 aliphatic carbocycles. The Morgan fingerprint density at radius 1 is 1.50 bits per heavy atom. The fraction of sp³-hybridized carbons (Fsp3) is 0.889. The summed E-state index contributed by atoms with van der Waals surface area (Å²) in [4.78, 5) is 13.5. The Labute approximate surface area is 98.0 Å². The van der Waals surface area contributed by atoms with Gasteiger partial charge in [0.25, 0.3) is 0 Å². The lowest BCUT2D eigenvalue weighted by Crippen LogP contribution is -2.42. The Morgan fingerprint density at radius 2 is 2.12 bits per heavy atom. The van der Waals surface area contributed by atoms with Crippen molar-refractivity contribution in [2.75, 3.05) is 19.6 Å². The lowest BCUT2D eigenvalue weighted by molar-refractivity contribution is -0.131. The van der Waals surface area contributed by atoms with E-state index in [2.05, 4.69) is 4.72 Å². The first kappa shape index (κ1) is 13.6. The van der Waals surface area contributed by atoms with Gasteiger partial charge in [-0.25, -0.2) is 8.93 Å². The van der Waals surface area contributed by atoms with Gasteiger partial charge in [-0.3, -0.25) is 9.35 Å². The Hall–Kier alpha value is -0.500. The SMILES string of the molecule is NC(CCCNS(=O)O)C(=O)N1CCCC1. The molecule has 2 unspecified atom stereocenters. The predicted octanol–water partition coefficient (Wildman–Crippen LogP) is -0.557. The molecule has 0 aromatic carbocycles. The number of hydrogen-bond acceptors (Lipinski definition) is 3. The average molecular weight is 249 g/mol. The molecule has 1 heterocycles. The van der Waals surface area contributed by atoms with Gasteiger partial charge in [-0.05, 0) is 25.7 Å². The zero-order chi connectivity index (χ0) is 12.0. The average Bonchev–Trinajstić information content (AvgIpc) is 2.76. The largest absolute Gasteiger partial charge is 0.341 e. The van der Waals surface area contributed by atoms with Crippen molar-refractivity contribution in [3.63, 3.8) is 0 Å². The number of hydrogen-bond donors (Lipinski definition) is 3. The van der Waals surface area contributed by atoms with Gasteiger partial charge >= 0.3 is 0 Å². The van der Waals surface area contributed by atoms with Crippen LogP contribution in [0.1, 0.15) is 25.7 Å². The Balaban J connectivity index is 2.15. The minimum absolute atomic E-state index is 0.00243. The molecule has 1 aliphatic rings. The van der Waals surface area contributed by atoms with E-state index in [1.807, 2.05) is 0 Å². The predicted molar refractivity (Wildman–Crippen MR) is 61.8 cm³/mol. The molecule has 1 saturated heterocycles. The lowest BCUT2D eigenvalue weighted by Gasteiger charge is -2.19. The Kier molecular flexibility index (Phi) is 5.89. The highest BCUT2D eigenvalue weighted by Crippen LogP contribution is 2.10. The summed E-state index contributed by atoms with van der Waals surface area (Å²) in [6.07, 6.45) is 3.28. The second kappa shape index (κ2) is 6.95. The topological polar surface area (TPSA) is 95.7 Å². The molecule has 7 heteroatoms. The molecule has 6 nitrogen and oxygen atoms in total. The summed E-state index contributed by atoms with van der Waals surface area (Å²) in [6.45, 7) is 2.01. The summed E-state index contributed by atoms with van der Waals surface area (Å²) >= 11 is -1.98. The van der Waals surface area contributed by atoms with Crippen LogP contribution in [0, 0.1) is 0 Å². The first-order chi connectivity index (χ1) is 7.61. The minimum Gasteiger partial charge on any atom is -0.341 e. The fourth-order valence-corrected chi connectivity index (χ4v) is 2.10. The van der Waals surface area contributed by atoms with Crippen molar-refractivity contribution in [1.29, 1.82) is 0 Å². The molecule has 0 radical (unpaired) electrons. The third-order valence-corrected chi connectivity index (χ3v) is 3.10. The summed E-state index contributed by atoms with van der Waals surface area (Å²) in [6, 6.07) is -0.480. The van der Waals surface area contributed by atoms with Gasteiger partial charge in [0.05, 0.1) is 6.04 Å².